The lowest BCUT2D eigenvalue weighted by Crippen LogP contribution is -2.54. The first kappa shape index (κ1) is 20.8. The number of carbonyl (C=O) groups excluding carboxylic acids is 1. The summed E-state index contributed by atoms with van der Waals surface area (Å²) in [6, 6.07) is 3.89. The van der Waals surface area contributed by atoms with E-state index in [9.17, 15) is 4.79 Å². The largest absolute Gasteiger partial charge is 0.486 e. The maximum absolute atomic E-state index is 12.4. The molecular weight excluding hydrogens is 400 g/mol. The quantitative estimate of drug-likeness (QED) is 0.708. The number of ether oxygens (including phenoxy) is 3. The average molecular weight is 424 g/mol. The zero-order valence-electron chi connectivity index (χ0n) is 17.3. The number of aromatic nitrogens is 3. The summed E-state index contributed by atoms with van der Waals surface area (Å²) in [7, 11) is 0. The predicted molar refractivity (Wildman–Crippen MR) is 109 cm³/mol. The smallest absolute Gasteiger partial charge is 0.410 e. The first-order valence-electron chi connectivity index (χ1n) is 10.2. The molecule has 1 amide bonds. The molecule has 0 aromatic carbocycles. The second-order valence-electron chi connectivity index (χ2n) is 7.51. The standard InChI is InChI=1S/C21H24N6O4/c1-15-12-26(21(28)31-18-3-7-29-14-18)5-6-27(15)20-24-10-19(11-25-20)30-13-16-2-4-23-9-17(16)8-22/h2,4,9-11,15,18H,3,5-7,12-14H2,1H3/t15-,18+/m1/s1. The Morgan fingerprint density at radius 1 is 1.32 bits per heavy atom. The van der Waals surface area contributed by atoms with Crippen molar-refractivity contribution in [2.75, 3.05) is 37.7 Å². The fraction of sp³-hybridized carbons (Fsp3) is 0.476. The summed E-state index contributed by atoms with van der Waals surface area (Å²) in [5.74, 6) is 1.09. The van der Waals surface area contributed by atoms with Gasteiger partial charge in [-0.3, -0.25) is 4.98 Å². The molecule has 0 bridgehead atoms. The molecule has 2 atom stereocenters. The zero-order valence-corrected chi connectivity index (χ0v) is 17.3. The van der Waals surface area contributed by atoms with Gasteiger partial charge < -0.3 is 24.0 Å². The monoisotopic (exact) mass is 424 g/mol. The third-order valence-electron chi connectivity index (χ3n) is 5.34. The molecule has 0 aliphatic carbocycles. The predicted octanol–water partition coefficient (Wildman–Crippen LogP) is 1.76. The van der Waals surface area contributed by atoms with Gasteiger partial charge in [0.05, 0.1) is 31.2 Å². The van der Waals surface area contributed by atoms with Gasteiger partial charge in [-0.15, -0.1) is 0 Å². The van der Waals surface area contributed by atoms with Crippen LogP contribution in [0.1, 0.15) is 24.5 Å². The average Bonchev–Trinajstić information content (AvgIpc) is 3.31. The number of nitrogens with zero attached hydrogens (tertiary/aromatic N) is 6. The van der Waals surface area contributed by atoms with Crippen LogP contribution in [0.4, 0.5) is 10.7 Å². The van der Waals surface area contributed by atoms with Crippen LogP contribution in [0.2, 0.25) is 0 Å². The van der Waals surface area contributed by atoms with Crippen molar-refractivity contribution >= 4 is 12.0 Å². The van der Waals surface area contributed by atoms with E-state index in [0.717, 1.165) is 12.0 Å². The molecule has 2 aromatic rings. The first-order valence-corrected chi connectivity index (χ1v) is 10.2. The van der Waals surface area contributed by atoms with Crippen LogP contribution in [0.3, 0.4) is 0 Å². The molecule has 2 saturated heterocycles. The Bertz CT molecular complexity index is 942. The van der Waals surface area contributed by atoms with Gasteiger partial charge in [0.1, 0.15) is 18.8 Å². The Morgan fingerprint density at radius 3 is 2.87 bits per heavy atom. The molecule has 2 aromatic heterocycles. The molecule has 31 heavy (non-hydrogen) atoms. The number of rotatable bonds is 5. The number of hydrogen-bond acceptors (Lipinski definition) is 9. The van der Waals surface area contributed by atoms with Crippen molar-refractivity contribution in [3.8, 4) is 11.8 Å². The fourth-order valence-corrected chi connectivity index (χ4v) is 3.59. The summed E-state index contributed by atoms with van der Waals surface area (Å²) >= 11 is 0. The van der Waals surface area contributed by atoms with Crippen LogP contribution >= 0.6 is 0 Å². The van der Waals surface area contributed by atoms with E-state index < -0.39 is 0 Å². The molecule has 2 fully saturated rings. The van der Waals surface area contributed by atoms with Crippen LogP contribution < -0.4 is 9.64 Å². The Kier molecular flexibility index (Phi) is 6.43. The van der Waals surface area contributed by atoms with Crippen molar-refractivity contribution < 1.29 is 19.0 Å². The minimum absolute atomic E-state index is 0.0444. The van der Waals surface area contributed by atoms with E-state index in [2.05, 4.69) is 25.9 Å². The van der Waals surface area contributed by atoms with Gasteiger partial charge in [-0.1, -0.05) is 0 Å². The molecule has 162 valence electrons. The molecule has 0 unspecified atom stereocenters. The van der Waals surface area contributed by atoms with E-state index in [1.807, 2.05) is 6.92 Å². The number of piperazine rings is 1. The number of carbonyl (C=O) groups is 1. The maximum atomic E-state index is 12.4. The van der Waals surface area contributed by atoms with Crippen LogP contribution in [0.5, 0.6) is 5.75 Å². The van der Waals surface area contributed by atoms with Gasteiger partial charge in [0.2, 0.25) is 5.95 Å². The number of amides is 1. The third kappa shape index (κ3) is 5.00. The van der Waals surface area contributed by atoms with Crippen LogP contribution in [0.25, 0.3) is 0 Å². The Morgan fingerprint density at radius 2 is 2.16 bits per heavy atom. The van der Waals surface area contributed by atoms with Crippen LogP contribution in [0.15, 0.2) is 30.9 Å². The molecule has 10 heteroatoms. The topological polar surface area (TPSA) is 114 Å². The van der Waals surface area contributed by atoms with Crippen molar-refractivity contribution in [2.45, 2.75) is 32.1 Å². The minimum atomic E-state index is -0.292. The fourth-order valence-electron chi connectivity index (χ4n) is 3.59. The number of hydrogen-bond donors (Lipinski definition) is 0. The Hall–Kier alpha value is -3.45. The van der Waals surface area contributed by atoms with Gasteiger partial charge >= 0.3 is 6.09 Å². The molecule has 2 aliphatic heterocycles. The molecule has 0 radical (unpaired) electrons. The van der Waals surface area contributed by atoms with E-state index in [-0.39, 0.29) is 24.8 Å². The van der Waals surface area contributed by atoms with Gasteiger partial charge in [0.25, 0.3) is 0 Å². The molecular formula is C21H24N6O4. The molecule has 4 rings (SSSR count). The maximum Gasteiger partial charge on any atom is 0.410 e. The Labute approximate surface area is 180 Å². The van der Waals surface area contributed by atoms with Crippen molar-refractivity contribution in [3.63, 3.8) is 0 Å². The number of nitriles is 1. The highest BCUT2D eigenvalue weighted by molar-refractivity contribution is 5.68. The summed E-state index contributed by atoms with van der Waals surface area (Å²) in [4.78, 5) is 28.9. The van der Waals surface area contributed by atoms with E-state index in [1.54, 1.807) is 29.6 Å². The lowest BCUT2D eigenvalue weighted by Gasteiger charge is -2.39. The summed E-state index contributed by atoms with van der Waals surface area (Å²) in [6.07, 6.45) is 6.68. The highest BCUT2D eigenvalue weighted by Crippen LogP contribution is 2.20. The second kappa shape index (κ2) is 9.57. The molecule has 2 aliphatic rings. The molecule has 0 spiro atoms. The van der Waals surface area contributed by atoms with Crippen molar-refractivity contribution in [1.29, 1.82) is 5.26 Å². The number of pyridine rings is 1. The van der Waals surface area contributed by atoms with Gasteiger partial charge in [0, 0.05) is 50.1 Å². The van der Waals surface area contributed by atoms with Crippen LogP contribution in [-0.4, -0.2) is 70.9 Å². The van der Waals surface area contributed by atoms with E-state index >= 15 is 0 Å². The van der Waals surface area contributed by atoms with Crippen LogP contribution in [-0.2, 0) is 16.1 Å². The van der Waals surface area contributed by atoms with Crippen molar-refractivity contribution in [1.82, 2.24) is 19.9 Å². The van der Waals surface area contributed by atoms with Crippen molar-refractivity contribution in [3.05, 3.63) is 42.0 Å². The minimum Gasteiger partial charge on any atom is -0.486 e. The summed E-state index contributed by atoms with van der Waals surface area (Å²) in [5, 5.41) is 9.13. The lowest BCUT2D eigenvalue weighted by atomic mass is 10.2. The van der Waals surface area contributed by atoms with Gasteiger partial charge in [-0.05, 0) is 13.0 Å². The molecule has 4 heterocycles. The first-order chi connectivity index (χ1) is 15.1. The SMILES string of the molecule is C[C@@H]1CN(C(=O)O[C@H]2CCOC2)CCN1c1ncc(OCc2ccncc2C#N)cn1. The summed E-state index contributed by atoms with van der Waals surface area (Å²) in [6.45, 7) is 5.06. The van der Waals surface area contributed by atoms with Gasteiger partial charge in [-0.2, -0.15) is 5.26 Å². The van der Waals surface area contributed by atoms with Gasteiger partial charge in [-0.25, -0.2) is 14.8 Å². The molecule has 0 N–H and O–H groups in total. The lowest BCUT2D eigenvalue weighted by molar-refractivity contribution is 0.0507. The number of anilines is 1. The van der Waals surface area contributed by atoms with Crippen molar-refractivity contribution in [2.24, 2.45) is 0 Å². The van der Waals surface area contributed by atoms with Crippen LogP contribution in [0, 0.1) is 11.3 Å². The normalized spacial score (nSPS) is 20.9. The highest BCUT2D eigenvalue weighted by Gasteiger charge is 2.31. The van der Waals surface area contributed by atoms with Gasteiger partial charge in [0.15, 0.2) is 5.75 Å². The summed E-state index contributed by atoms with van der Waals surface area (Å²) < 4.78 is 16.5. The second-order valence-corrected chi connectivity index (χ2v) is 7.51. The Balaban J connectivity index is 1.31. The van der Waals surface area contributed by atoms with E-state index in [4.69, 9.17) is 19.5 Å². The van der Waals surface area contributed by atoms with E-state index in [1.165, 1.54) is 6.20 Å². The van der Waals surface area contributed by atoms with E-state index in [0.29, 0.717) is 50.1 Å². The molecule has 0 saturated carbocycles. The summed E-state index contributed by atoms with van der Waals surface area (Å²) in [5.41, 5.74) is 1.23. The third-order valence-corrected chi connectivity index (χ3v) is 5.34. The molecule has 10 nitrogen and oxygen atoms in total. The highest BCUT2D eigenvalue weighted by atomic mass is 16.6. The zero-order chi connectivity index (χ0) is 21.6.